The van der Waals surface area contributed by atoms with Gasteiger partial charge in [-0.15, -0.1) is 0 Å². The average molecular weight is 363 g/mol. The van der Waals surface area contributed by atoms with Crippen LogP contribution >= 0.6 is 23.2 Å². The third-order valence-electron chi connectivity index (χ3n) is 3.82. The zero-order valence-corrected chi connectivity index (χ0v) is 14.5. The second kappa shape index (κ2) is 7.16. The van der Waals surface area contributed by atoms with E-state index in [1.165, 1.54) is 7.11 Å². The van der Waals surface area contributed by atoms with Crippen LogP contribution in [0.4, 0.5) is 0 Å². The van der Waals surface area contributed by atoms with Crippen LogP contribution in [0.3, 0.4) is 0 Å². The summed E-state index contributed by atoms with van der Waals surface area (Å²) in [6.07, 6.45) is 2.63. The number of H-pyrrole nitrogens is 1. The number of hydrogen-bond donors (Lipinski definition) is 2. The van der Waals surface area contributed by atoms with Gasteiger partial charge >= 0.3 is 0 Å². The van der Waals surface area contributed by atoms with E-state index in [0.717, 1.165) is 16.5 Å². The van der Waals surface area contributed by atoms with E-state index in [9.17, 15) is 4.79 Å². The quantitative estimate of drug-likeness (QED) is 0.703. The molecule has 1 aromatic heterocycles. The van der Waals surface area contributed by atoms with Crippen molar-refractivity contribution in [1.82, 2.24) is 10.3 Å². The fraction of sp³-hybridized carbons (Fsp3) is 0.167. The van der Waals surface area contributed by atoms with Gasteiger partial charge in [0.25, 0.3) is 5.91 Å². The minimum absolute atomic E-state index is 0.216. The molecule has 0 aliphatic rings. The molecule has 0 unspecified atom stereocenters. The smallest absolute Gasteiger partial charge is 0.255 e. The Labute approximate surface area is 149 Å². The number of methoxy groups -OCH3 is 1. The fourth-order valence-electron chi connectivity index (χ4n) is 2.62. The summed E-state index contributed by atoms with van der Waals surface area (Å²) in [4.78, 5) is 15.5. The average Bonchev–Trinajstić information content (AvgIpc) is 2.97. The summed E-state index contributed by atoms with van der Waals surface area (Å²) >= 11 is 12.0. The molecular weight excluding hydrogens is 347 g/mol. The van der Waals surface area contributed by atoms with Gasteiger partial charge in [0.05, 0.1) is 12.7 Å². The largest absolute Gasteiger partial charge is 0.496 e. The van der Waals surface area contributed by atoms with Crippen LogP contribution in [0, 0.1) is 0 Å². The number of rotatable bonds is 5. The normalized spacial score (nSPS) is 10.8. The monoisotopic (exact) mass is 362 g/mol. The first-order valence-electron chi connectivity index (χ1n) is 7.45. The van der Waals surface area contributed by atoms with Gasteiger partial charge in [0, 0.05) is 33.7 Å². The maximum absolute atomic E-state index is 12.3. The van der Waals surface area contributed by atoms with E-state index in [4.69, 9.17) is 27.9 Å². The highest BCUT2D eigenvalue weighted by molar-refractivity contribution is 6.31. The summed E-state index contributed by atoms with van der Waals surface area (Å²) in [6.45, 7) is 0.494. The Balaban J connectivity index is 1.68. The number of halogens is 2. The first-order chi connectivity index (χ1) is 11.6. The van der Waals surface area contributed by atoms with Gasteiger partial charge in [-0.05, 0) is 48.4 Å². The van der Waals surface area contributed by atoms with Gasteiger partial charge in [-0.3, -0.25) is 4.79 Å². The van der Waals surface area contributed by atoms with Crippen LogP contribution in [0.25, 0.3) is 10.9 Å². The van der Waals surface area contributed by atoms with Crippen molar-refractivity contribution in [3.8, 4) is 5.75 Å². The number of hydrogen-bond acceptors (Lipinski definition) is 2. The molecular formula is C18H16Cl2N2O2. The molecule has 0 spiro atoms. The molecule has 0 saturated heterocycles. The topological polar surface area (TPSA) is 54.1 Å². The van der Waals surface area contributed by atoms with Crippen molar-refractivity contribution in [2.24, 2.45) is 0 Å². The molecule has 3 rings (SSSR count). The number of ether oxygens (including phenoxy) is 1. The number of amides is 1. The predicted octanol–water partition coefficient (Wildman–Crippen LogP) is 4.46. The summed E-state index contributed by atoms with van der Waals surface area (Å²) < 4.78 is 5.21. The summed E-state index contributed by atoms with van der Waals surface area (Å²) in [5.74, 6) is 0.281. The highest BCUT2D eigenvalue weighted by Crippen LogP contribution is 2.24. The summed E-state index contributed by atoms with van der Waals surface area (Å²) in [5.41, 5.74) is 2.55. The Morgan fingerprint density at radius 3 is 2.71 bits per heavy atom. The molecule has 0 saturated carbocycles. The number of carbonyl (C=O) groups is 1. The Hall–Kier alpha value is -2.17. The van der Waals surface area contributed by atoms with Crippen LogP contribution in [0.1, 0.15) is 15.9 Å². The zero-order valence-electron chi connectivity index (χ0n) is 13.0. The first kappa shape index (κ1) is 16.7. The minimum Gasteiger partial charge on any atom is -0.496 e. The van der Waals surface area contributed by atoms with Crippen molar-refractivity contribution in [1.29, 1.82) is 0 Å². The van der Waals surface area contributed by atoms with Crippen molar-refractivity contribution < 1.29 is 9.53 Å². The third-order valence-corrected chi connectivity index (χ3v) is 4.29. The van der Waals surface area contributed by atoms with E-state index in [0.29, 0.717) is 34.3 Å². The SMILES string of the molecule is COc1ccc(Cl)cc1C(=O)NCCc1c[nH]c2ccc(Cl)cc12. The summed E-state index contributed by atoms with van der Waals surface area (Å²) in [7, 11) is 1.52. The molecule has 0 aliphatic heterocycles. The summed E-state index contributed by atoms with van der Waals surface area (Å²) in [6, 6.07) is 10.7. The van der Waals surface area contributed by atoms with Gasteiger partial charge in [0.15, 0.2) is 0 Å². The standard InChI is InChI=1S/C18H16Cl2N2O2/c1-24-17-5-3-13(20)9-15(17)18(23)21-7-6-11-10-22-16-4-2-12(19)8-14(11)16/h2-5,8-10,22H,6-7H2,1H3,(H,21,23). The number of aromatic amines is 1. The number of benzene rings is 2. The van der Waals surface area contributed by atoms with E-state index >= 15 is 0 Å². The molecule has 0 aliphatic carbocycles. The van der Waals surface area contributed by atoms with E-state index in [-0.39, 0.29) is 5.91 Å². The molecule has 24 heavy (non-hydrogen) atoms. The van der Waals surface area contributed by atoms with E-state index in [1.807, 2.05) is 24.4 Å². The Bertz CT molecular complexity index is 890. The van der Waals surface area contributed by atoms with Gasteiger partial charge < -0.3 is 15.0 Å². The highest BCUT2D eigenvalue weighted by atomic mass is 35.5. The molecule has 0 fully saturated rings. The predicted molar refractivity (Wildman–Crippen MR) is 97.3 cm³/mol. The maximum atomic E-state index is 12.3. The lowest BCUT2D eigenvalue weighted by molar-refractivity contribution is 0.0951. The molecule has 0 radical (unpaired) electrons. The van der Waals surface area contributed by atoms with E-state index in [1.54, 1.807) is 18.2 Å². The second-order valence-electron chi connectivity index (χ2n) is 5.35. The number of nitrogens with one attached hydrogen (secondary N) is 2. The lowest BCUT2D eigenvalue weighted by Crippen LogP contribution is -2.26. The van der Waals surface area contributed by atoms with E-state index in [2.05, 4.69) is 10.3 Å². The fourth-order valence-corrected chi connectivity index (χ4v) is 2.97. The van der Waals surface area contributed by atoms with Crippen molar-refractivity contribution >= 4 is 40.0 Å². The van der Waals surface area contributed by atoms with Crippen molar-refractivity contribution in [2.45, 2.75) is 6.42 Å². The van der Waals surface area contributed by atoms with Gasteiger partial charge in [-0.2, -0.15) is 0 Å². The first-order valence-corrected chi connectivity index (χ1v) is 8.21. The van der Waals surface area contributed by atoms with Gasteiger partial charge in [0.2, 0.25) is 0 Å². The lowest BCUT2D eigenvalue weighted by atomic mass is 10.1. The molecule has 3 aromatic rings. The molecule has 1 amide bonds. The van der Waals surface area contributed by atoms with Gasteiger partial charge in [-0.25, -0.2) is 0 Å². The van der Waals surface area contributed by atoms with Crippen LogP contribution in [0.15, 0.2) is 42.6 Å². The Kier molecular flexibility index (Phi) is 4.97. The molecule has 0 atom stereocenters. The third kappa shape index (κ3) is 3.50. The zero-order chi connectivity index (χ0) is 17.1. The lowest BCUT2D eigenvalue weighted by Gasteiger charge is -2.09. The van der Waals surface area contributed by atoms with Crippen molar-refractivity contribution in [3.63, 3.8) is 0 Å². The number of carbonyl (C=O) groups excluding carboxylic acids is 1. The van der Waals surface area contributed by atoms with E-state index < -0.39 is 0 Å². The van der Waals surface area contributed by atoms with Crippen molar-refractivity contribution in [2.75, 3.05) is 13.7 Å². The molecule has 4 nitrogen and oxygen atoms in total. The van der Waals surface area contributed by atoms with Crippen LogP contribution in [-0.4, -0.2) is 24.5 Å². The molecule has 0 bridgehead atoms. The Morgan fingerprint density at radius 1 is 1.17 bits per heavy atom. The van der Waals surface area contributed by atoms with Crippen LogP contribution < -0.4 is 10.1 Å². The van der Waals surface area contributed by atoms with Crippen molar-refractivity contribution in [3.05, 3.63) is 63.8 Å². The van der Waals surface area contributed by atoms with Crippen LogP contribution in [0.5, 0.6) is 5.75 Å². The molecule has 1 heterocycles. The highest BCUT2D eigenvalue weighted by Gasteiger charge is 2.13. The summed E-state index contributed by atoms with van der Waals surface area (Å²) in [5, 5.41) is 5.14. The molecule has 2 aromatic carbocycles. The maximum Gasteiger partial charge on any atom is 0.255 e. The molecule has 6 heteroatoms. The minimum atomic E-state index is -0.216. The Morgan fingerprint density at radius 2 is 1.92 bits per heavy atom. The van der Waals surface area contributed by atoms with Gasteiger partial charge in [-0.1, -0.05) is 23.2 Å². The number of aromatic nitrogens is 1. The second-order valence-corrected chi connectivity index (χ2v) is 6.23. The molecule has 124 valence electrons. The number of fused-ring (bicyclic) bond motifs is 1. The van der Waals surface area contributed by atoms with Crippen LogP contribution in [-0.2, 0) is 6.42 Å². The molecule has 2 N–H and O–H groups in total. The van der Waals surface area contributed by atoms with Gasteiger partial charge in [0.1, 0.15) is 5.75 Å². The van der Waals surface area contributed by atoms with Crippen LogP contribution in [0.2, 0.25) is 10.0 Å².